The minimum atomic E-state index is 0.664. The predicted molar refractivity (Wildman–Crippen MR) is 88.5 cm³/mol. The first-order valence-electron chi connectivity index (χ1n) is 6.39. The van der Waals surface area contributed by atoms with Gasteiger partial charge in [-0.3, -0.25) is 4.68 Å². The van der Waals surface area contributed by atoms with E-state index in [1.54, 1.807) is 6.20 Å². The van der Waals surface area contributed by atoms with E-state index in [2.05, 4.69) is 62.9 Å². The van der Waals surface area contributed by atoms with E-state index >= 15 is 0 Å². The van der Waals surface area contributed by atoms with Crippen molar-refractivity contribution in [3.05, 3.63) is 52.3 Å². The van der Waals surface area contributed by atoms with Crippen LogP contribution in [0.2, 0.25) is 0 Å². The van der Waals surface area contributed by atoms with Gasteiger partial charge in [0, 0.05) is 19.3 Å². The van der Waals surface area contributed by atoms with Gasteiger partial charge in [0.25, 0.3) is 0 Å². The highest BCUT2D eigenvalue weighted by molar-refractivity contribution is 9.10. The summed E-state index contributed by atoms with van der Waals surface area (Å²) in [7, 11) is 0. The fraction of sp³-hybridized carbons (Fsp3) is 0.286. The zero-order chi connectivity index (χ0) is 14.4. The van der Waals surface area contributed by atoms with Gasteiger partial charge in [0.15, 0.2) is 5.11 Å². The van der Waals surface area contributed by atoms with Gasteiger partial charge >= 0.3 is 0 Å². The van der Waals surface area contributed by atoms with E-state index in [9.17, 15) is 0 Å². The third kappa shape index (κ3) is 4.94. The Morgan fingerprint density at radius 2 is 2.05 bits per heavy atom. The molecule has 0 unspecified atom stereocenters. The molecule has 4 nitrogen and oxygen atoms in total. The summed E-state index contributed by atoms with van der Waals surface area (Å²) >= 11 is 8.61. The van der Waals surface area contributed by atoms with Gasteiger partial charge in [-0.15, -0.1) is 0 Å². The Bertz CT molecular complexity index is 565. The lowest BCUT2D eigenvalue weighted by Gasteiger charge is -2.10. The SMILES string of the molecule is Cc1ccc(CNC(=S)NCCn2cc(Br)cn2)cc1. The highest BCUT2D eigenvalue weighted by Gasteiger charge is 1.98. The summed E-state index contributed by atoms with van der Waals surface area (Å²) in [5, 5.41) is 11.2. The largest absolute Gasteiger partial charge is 0.361 e. The van der Waals surface area contributed by atoms with E-state index in [0.717, 1.165) is 24.1 Å². The molecule has 2 aromatic rings. The van der Waals surface area contributed by atoms with Crippen LogP contribution in [0.25, 0.3) is 0 Å². The third-order valence-corrected chi connectivity index (χ3v) is 3.50. The highest BCUT2D eigenvalue weighted by atomic mass is 79.9. The Morgan fingerprint density at radius 1 is 1.30 bits per heavy atom. The Morgan fingerprint density at radius 3 is 2.70 bits per heavy atom. The number of aryl methyl sites for hydroxylation is 1. The summed E-state index contributed by atoms with van der Waals surface area (Å²) in [5.41, 5.74) is 2.48. The topological polar surface area (TPSA) is 41.9 Å². The van der Waals surface area contributed by atoms with Crippen molar-refractivity contribution < 1.29 is 0 Å². The predicted octanol–water partition coefficient (Wildman–Crippen LogP) is 2.62. The molecule has 1 heterocycles. The molecule has 0 radical (unpaired) electrons. The maximum Gasteiger partial charge on any atom is 0.166 e. The van der Waals surface area contributed by atoms with Crippen LogP contribution in [-0.2, 0) is 13.1 Å². The number of hydrogen-bond acceptors (Lipinski definition) is 2. The molecule has 0 amide bonds. The molecule has 1 aromatic heterocycles. The lowest BCUT2D eigenvalue weighted by Crippen LogP contribution is -2.36. The Labute approximate surface area is 132 Å². The molecule has 0 fully saturated rings. The molecule has 0 atom stereocenters. The fourth-order valence-corrected chi connectivity index (χ4v) is 2.20. The minimum absolute atomic E-state index is 0.664. The van der Waals surface area contributed by atoms with Crippen LogP contribution in [0.5, 0.6) is 0 Å². The standard InChI is InChI=1S/C14H17BrN4S/c1-11-2-4-12(5-3-11)8-17-14(20)16-6-7-19-10-13(15)9-18-19/h2-5,9-10H,6-8H2,1H3,(H2,16,17,20). The lowest BCUT2D eigenvalue weighted by molar-refractivity contribution is 0.600. The van der Waals surface area contributed by atoms with Crippen molar-refractivity contribution in [2.24, 2.45) is 0 Å². The molecule has 2 N–H and O–H groups in total. The number of halogens is 1. The summed E-state index contributed by atoms with van der Waals surface area (Å²) in [6, 6.07) is 8.41. The smallest absolute Gasteiger partial charge is 0.166 e. The van der Waals surface area contributed by atoms with Crippen LogP contribution in [0.1, 0.15) is 11.1 Å². The molecule has 0 aliphatic heterocycles. The Balaban J connectivity index is 1.66. The maximum atomic E-state index is 5.24. The van der Waals surface area contributed by atoms with E-state index in [1.807, 2.05) is 10.9 Å². The second-order valence-corrected chi connectivity index (χ2v) is 5.84. The van der Waals surface area contributed by atoms with Crippen molar-refractivity contribution in [1.29, 1.82) is 0 Å². The van der Waals surface area contributed by atoms with Crippen LogP contribution in [0.3, 0.4) is 0 Å². The molecule has 0 aliphatic carbocycles. The van der Waals surface area contributed by atoms with Crippen molar-refractivity contribution >= 4 is 33.3 Å². The molecule has 2 rings (SSSR count). The van der Waals surface area contributed by atoms with Crippen LogP contribution in [-0.4, -0.2) is 21.4 Å². The number of thiocarbonyl (C=S) groups is 1. The number of benzene rings is 1. The molecule has 1 aromatic carbocycles. The lowest BCUT2D eigenvalue weighted by atomic mass is 10.1. The van der Waals surface area contributed by atoms with E-state index in [1.165, 1.54) is 11.1 Å². The van der Waals surface area contributed by atoms with Crippen molar-refractivity contribution in [3.8, 4) is 0 Å². The first-order chi connectivity index (χ1) is 9.63. The van der Waals surface area contributed by atoms with Crippen molar-refractivity contribution in [1.82, 2.24) is 20.4 Å². The first kappa shape index (κ1) is 15.0. The Kier molecular flexibility index (Phi) is 5.55. The van der Waals surface area contributed by atoms with Gasteiger partial charge in [-0.05, 0) is 40.6 Å². The van der Waals surface area contributed by atoms with Gasteiger partial charge in [-0.25, -0.2) is 0 Å². The summed E-state index contributed by atoms with van der Waals surface area (Å²) in [5.74, 6) is 0. The molecule has 0 saturated heterocycles. The molecule has 20 heavy (non-hydrogen) atoms. The zero-order valence-electron chi connectivity index (χ0n) is 11.3. The van der Waals surface area contributed by atoms with E-state index < -0.39 is 0 Å². The second-order valence-electron chi connectivity index (χ2n) is 4.52. The van der Waals surface area contributed by atoms with Gasteiger partial charge in [0.1, 0.15) is 0 Å². The van der Waals surface area contributed by atoms with Crippen LogP contribution < -0.4 is 10.6 Å². The molecule has 6 heteroatoms. The number of aromatic nitrogens is 2. The number of nitrogens with one attached hydrogen (secondary N) is 2. The Hall–Kier alpha value is -1.40. The molecular formula is C14H17BrN4S. The highest BCUT2D eigenvalue weighted by Crippen LogP contribution is 2.05. The minimum Gasteiger partial charge on any atom is -0.361 e. The van der Waals surface area contributed by atoms with Crippen LogP contribution in [0, 0.1) is 6.92 Å². The molecule has 106 valence electrons. The fourth-order valence-electron chi connectivity index (χ4n) is 1.70. The zero-order valence-corrected chi connectivity index (χ0v) is 13.7. The molecule has 0 spiro atoms. The molecule has 0 saturated carbocycles. The van der Waals surface area contributed by atoms with Crippen molar-refractivity contribution in [3.63, 3.8) is 0 Å². The van der Waals surface area contributed by atoms with Crippen molar-refractivity contribution in [2.75, 3.05) is 6.54 Å². The van der Waals surface area contributed by atoms with Gasteiger partial charge in [-0.1, -0.05) is 29.8 Å². The van der Waals surface area contributed by atoms with Gasteiger partial charge in [0.05, 0.1) is 17.2 Å². The number of nitrogens with zero attached hydrogens (tertiary/aromatic N) is 2. The van der Waals surface area contributed by atoms with Gasteiger partial charge in [-0.2, -0.15) is 5.10 Å². The number of rotatable bonds is 5. The van der Waals surface area contributed by atoms with Gasteiger partial charge in [0.2, 0.25) is 0 Å². The van der Waals surface area contributed by atoms with Gasteiger partial charge < -0.3 is 10.6 Å². The third-order valence-electron chi connectivity index (χ3n) is 2.80. The monoisotopic (exact) mass is 352 g/mol. The number of hydrogen-bond donors (Lipinski definition) is 2. The molecule has 0 aliphatic rings. The van der Waals surface area contributed by atoms with E-state index in [-0.39, 0.29) is 0 Å². The summed E-state index contributed by atoms with van der Waals surface area (Å²) in [6.07, 6.45) is 3.71. The maximum absolute atomic E-state index is 5.24. The summed E-state index contributed by atoms with van der Waals surface area (Å²) in [6.45, 7) is 4.34. The quantitative estimate of drug-likeness (QED) is 0.811. The van der Waals surface area contributed by atoms with Crippen LogP contribution in [0.4, 0.5) is 0 Å². The summed E-state index contributed by atoms with van der Waals surface area (Å²) < 4.78 is 2.84. The average Bonchev–Trinajstić information content (AvgIpc) is 2.84. The summed E-state index contributed by atoms with van der Waals surface area (Å²) in [4.78, 5) is 0. The average molecular weight is 353 g/mol. The molecular weight excluding hydrogens is 336 g/mol. The van der Waals surface area contributed by atoms with Crippen molar-refractivity contribution in [2.45, 2.75) is 20.0 Å². The normalized spacial score (nSPS) is 10.3. The van der Waals surface area contributed by atoms with Crippen LogP contribution in [0.15, 0.2) is 41.1 Å². The van der Waals surface area contributed by atoms with E-state index in [4.69, 9.17) is 12.2 Å². The first-order valence-corrected chi connectivity index (χ1v) is 7.59. The van der Waals surface area contributed by atoms with E-state index in [0.29, 0.717) is 5.11 Å². The molecule has 0 bridgehead atoms. The second kappa shape index (κ2) is 7.40. The van der Waals surface area contributed by atoms with Crippen LogP contribution >= 0.6 is 28.1 Å².